The fourth-order valence-electron chi connectivity index (χ4n) is 5.21. The molecule has 1 atom stereocenters. The Bertz CT molecular complexity index is 1330. The first-order valence-electron chi connectivity index (χ1n) is 13.1. The highest BCUT2D eigenvalue weighted by molar-refractivity contribution is 6.36. The molecular weight excluding hydrogens is 520 g/mol. The predicted octanol–water partition coefficient (Wildman–Crippen LogP) is 3.89. The Morgan fingerprint density at radius 3 is 2.46 bits per heavy atom. The zero-order valence-electron chi connectivity index (χ0n) is 21.9. The fourth-order valence-corrected chi connectivity index (χ4v) is 5.55. The van der Waals surface area contributed by atoms with Gasteiger partial charge >= 0.3 is 0 Å². The van der Waals surface area contributed by atoms with Crippen molar-refractivity contribution in [3.05, 3.63) is 65.2 Å². The second-order valence-corrected chi connectivity index (χ2v) is 10.1. The molecule has 0 saturated carbocycles. The van der Waals surface area contributed by atoms with Crippen LogP contribution in [0.3, 0.4) is 0 Å². The van der Waals surface area contributed by atoms with E-state index in [1.54, 1.807) is 7.11 Å². The minimum Gasteiger partial charge on any atom is -0.496 e. The lowest BCUT2D eigenvalue weighted by molar-refractivity contribution is -0.127. The lowest BCUT2D eigenvalue weighted by Gasteiger charge is -2.26. The fraction of sp³-hybridized carbons (Fsp3) is 0.367. The number of hydrogen-bond acceptors (Lipinski definition) is 7. The van der Waals surface area contributed by atoms with Crippen LogP contribution in [0.1, 0.15) is 18.4 Å². The average molecular weight is 553 g/mol. The summed E-state index contributed by atoms with van der Waals surface area (Å²) in [7, 11) is 1.64. The highest BCUT2D eigenvalue weighted by Crippen LogP contribution is 2.41. The molecule has 39 heavy (non-hydrogen) atoms. The maximum atomic E-state index is 12.8. The van der Waals surface area contributed by atoms with Crippen LogP contribution in [0.4, 0.5) is 0 Å². The van der Waals surface area contributed by atoms with Crippen LogP contribution in [0.15, 0.2) is 54.6 Å². The van der Waals surface area contributed by atoms with Gasteiger partial charge in [0, 0.05) is 23.2 Å². The van der Waals surface area contributed by atoms with Crippen molar-refractivity contribution in [2.24, 2.45) is 0 Å². The zero-order valence-corrected chi connectivity index (χ0v) is 22.6. The zero-order chi connectivity index (χ0) is 27.4. The molecule has 3 aromatic rings. The number of methoxy groups -OCH3 is 1. The summed E-state index contributed by atoms with van der Waals surface area (Å²) in [4.78, 5) is 14.9. The van der Waals surface area contributed by atoms with E-state index in [1.807, 2.05) is 54.6 Å². The SMILES string of the molecule is COc1cc(-c2cccc(-c3ccc4c(c3)OCCO4)c2Cl)ccc1CN1CCCC1C(=O)NC(CO)CO. The van der Waals surface area contributed by atoms with Gasteiger partial charge in [-0.1, -0.05) is 48.0 Å². The van der Waals surface area contributed by atoms with Gasteiger partial charge in [-0.2, -0.15) is 0 Å². The van der Waals surface area contributed by atoms with Crippen molar-refractivity contribution >= 4 is 17.5 Å². The smallest absolute Gasteiger partial charge is 0.237 e. The molecule has 1 saturated heterocycles. The first-order valence-corrected chi connectivity index (χ1v) is 13.5. The Morgan fingerprint density at radius 2 is 1.74 bits per heavy atom. The van der Waals surface area contributed by atoms with Crippen LogP contribution in [-0.2, 0) is 11.3 Å². The van der Waals surface area contributed by atoms with Gasteiger partial charge in [-0.15, -0.1) is 0 Å². The van der Waals surface area contributed by atoms with Gasteiger partial charge in [0.1, 0.15) is 19.0 Å². The van der Waals surface area contributed by atoms with Crippen molar-refractivity contribution in [2.75, 3.05) is 40.1 Å². The van der Waals surface area contributed by atoms with Crippen LogP contribution in [0.2, 0.25) is 5.02 Å². The van der Waals surface area contributed by atoms with Gasteiger partial charge < -0.3 is 29.7 Å². The van der Waals surface area contributed by atoms with Gasteiger partial charge in [0.25, 0.3) is 0 Å². The summed E-state index contributed by atoms with van der Waals surface area (Å²) in [5.41, 5.74) is 4.60. The molecule has 0 aliphatic carbocycles. The minimum atomic E-state index is -0.656. The molecule has 0 radical (unpaired) electrons. The number of likely N-dealkylation sites (tertiary alicyclic amines) is 1. The van der Waals surface area contributed by atoms with Gasteiger partial charge in [0.05, 0.1) is 37.4 Å². The van der Waals surface area contributed by atoms with Crippen LogP contribution >= 0.6 is 11.6 Å². The van der Waals surface area contributed by atoms with E-state index >= 15 is 0 Å². The second-order valence-electron chi connectivity index (χ2n) is 9.75. The Labute approximate surface area is 233 Å². The number of benzene rings is 3. The summed E-state index contributed by atoms with van der Waals surface area (Å²) < 4.78 is 17.2. The Morgan fingerprint density at radius 1 is 1.05 bits per heavy atom. The van der Waals surface area contributed by atoms with Crippen molar-refractivity contribution in [3.63, 3.8) is 0 Å². The quantitative estimate of drug-likeness (QED) is 0.370. The molecule has 0 bridgehead atoms. The van der Waals surface area contributed by atoms with E-state index in [9.17, 15) is 15.0 Å². The summed E-state index contributed by atoms with van der Waals surface area (Å²) in [5.74, 6) is 1.97. The van der Waals surface area contributed by atoms with Crippen LogP contribution in [0.25, 0.3) is 22.3 Å². The molecule has 2 aliphatic heterocycles. The highest BCUT2D eigenvalue weighted by atomic mass is 35.5. The molecule has 3 aromatic carbocycles. The van der Waals surface area contributed by atoms with Crippen LogP contribution in [0, 0.1) is 0 Å². The van der Waals surface area contributed by atoms with Gasteiger partial charge in [0.2, 0.25) is 5.91 Å². The number of ether oxygens (including phenoxy) is 3. The summed E-state index contributed by atoms with van der Waals surface area (Å²) in [6.45, 7) is 1.76. The third kappa shape index (κ3) is 5.84. The van der Waals surface area contributed by atoms with E-state index in [0.717, 1.165) is 53.0 Å². The number of aliphatic hydroxyl groups is 2. The van der Waals surface area contributed by atoms with E-state index in [2.05, 4.69) is 10.2 Å². The van der Waals surface area contributed by atoms with Crippen molar-refractivity contribution in [1.82, 2.24) is 10.2 Å². The topological polar surface area (TPSA) is 100 Å². The summed E-state index contributed by atoms with van der Waals surface area (Å²) in [6, 6.07) is 16.8. The molecule has 2 aliphatic rings. The van der Waals surface area contributed by atoms with Gasteiger partial charge in [-0.05, 0) is 48.7 Å². The minimum absolute atomic E-state index is 0.182. The molecule has 1 fully saturated rings. The number of aliphatic hydroxyl groups excluding tert-OH is 2. The number of fused-ring (bicyclic) bond motifs is 1. The van der Waals surface area contributed by atoms with Gasteiger partial charge in [-0.25, -0.2) is 0 Å². The molecule has 3 N–H and O–H groups in total. The molecule has 0 spiro atoms. The molecule has 0 aromatic heterocycles. The summed E-state index contributed by atoms with van der Waals surface area (Å²) in [6.07, 6.45) is 1.61. The second kappa shape index (κ2) is 12.3. The molecular formula is C30H33ClN2O6. The number of rotatable bonds is 9. The number of nitrogens with one attached hydrogen (secondary N) is 1. The number of carbonyl (C=O) groups excluding carboxylic acids is 1. The summed E-state index contributed by atoms with van der Waals surface area (Å²) >= 11 is 6.95. The van der Waals surface area contributed by atoms with Crippen LogP contribution in [0.5, 0.6) is 17.2 Å². The highest BCUT2D eigenvalue weighted by Gasteiger charge is 2.32. The maximum Gasteiger partial charge on any atom is 0.237 e. The summed E-state index contributed by atoms with van der Waals surface area (Å²) in [5, 5.41) is 22.0. The lowest BCUT2D eigenvalue weighted by atomic mass is 9.97. The number of nitrogens with zero attached hydrogens (tertiary/aromatic N) is 1. The normalized spacial score (nSPS) is 16.9. The first kappa shape index (κ1) is 27.3. The first-order chi connectivity index (χ1) is 19.0. The lowest BCUT2D eigenvalue weighted by Crippen LogP contribution is -2.49. The number of hydrogen-bond donors (Lipinski definition) is 3. The Kier molecular flexibility index (Phi) is 8.57. The molecule has 5 rings (SSSR count). The van der Waals surface area contributed by atoms with E-state index < -0.39 is 6.04 Å². The van der Waals surface area contributed by atoms with Crippen molar-refractivity contribution in [3.8, 4) is 39.5 Å². The predicted molar refractivity (Wildman–Crippen MR) is 149 cm³/mol. The van der Waals surface area contributed by atoms with Crippen molar-refractivity contribution < 1.29 is 29.2 Å². The van der Waals surface area contributed by atoms with E-state index in [-0.39, 0.29) is 25.2 Å². The third-order valence-electron chi connectivity index (χ3n) is 7.28. The van der Waals surface area contributed by atoms with E-state index in [4.69, 9.17) is 25.8 Å². The third-order valence-corrected chi connectivity index (χ3v) is 7.68. The molecule has 9 heteroatoms. The van der Waals surface area contributed by atoms with Crippen LogP contribution < -0.4 is 19.5 Å². The Balaban J connectivity index is 1.38. The number of amides is 1. The molecule has 1 amide bonds. The van der Waals surface area contributed by atoms with Crippen molar-refractivity contribution in [1.29, 1.82) is 0 Å². The van der Waals surface area contributed by atoms with Crippen molar-refractivity contribution in [2.45, 2.75) is 31.5 Å². The monoisotopic (exact) mass is 552 g/mol. The molecule has 8 nitrogen and oxygen atoms in total. The van der Waals surface area contributed by atoms with E-state index in [0.29, 0.717) is 36.3 Å². The van der Waals surface area contributed by atoms with Gasteiger partial charge in [-0.3, -0.25) is 9.69 Å². The maximum absolute atomic E-state index is 12.8. The largest absolute Gasteiger partial charge is 0.496 e. The standard InChI is InChI=1S/C30H33ClN2O6/c1-37-27-14-19(7-8-21(27)16-33-11-3-6-25(33)30(36)32-22(17-34)18-35)23-4-2-5-24(29(23)31)20-9-10-26-28(15-20)39-13-12-38-26/h2,4-5,7-10,14-15,22,25,34-35H,3,6,11-13,16-18H2,1H3,(H,32,36). The van der Waals surface area contributed by atoms with Gasteiger partial charge in [0.15, 0.2) is 11.5 Å². The molecule has 2 heterocycles. The number of carbonyl (C=O) groups is 1. The molecule has 1 unspecified atom stereocenters. The average Bonchev–Trinajstić information content (AvgIpc) is 3.44. The van der Waals surface area contributed by atoms with Crippen LogP contribution in [-0.4, -0.2) is 73.2 Å². The van der Waals surface area contributed by atoms with E-state index in [1.165, 1.54) is 0 Å². The Hall–Kier alpha value is -3.30. The number of halogens is 1. The molecule has 206 valence electrons.